The van der Waals surface area contributed by atoms with Gasteiger partial charge in [-0.25, -0.2) is 4.98 Å². The number of benzene rings is 1. The van der Waals surface area contributed by atoms with Crippen molar-refractivity contribution in [1.29, 1.82) is 0 Å². The van der Waals surface area contributed by atoms with Gasteiger partial charge in [-0.2, -0.15) is 0 Å². The highest BCUT2D eigenvalue weighted by Gasteiger charge is 2.20. The number of nitrogens with zero attached hydrogens (tertiary/aromatic N) is 3. The van der Waals surface area contributed by atoms with E-state index in [0.29, 0.717) is 45.0 Å². The summed E-state index contributed by atoms with van der Waals surface area (Å²) in [6.45, 7) is 3.78. The van der Waals surface area contributed by atoms with E-state index in [4.69, 9.17) is 4.52 Å². The smallest absolute Gasteiger partial charge is 0.259 e. The van der Waals surface area contributed by atoms with Gasteiger partial charge in [0, 0.05) is 34.2 Å². The lowest BCUT2D eigenvalue weighted by atomic mass is 10.1. The second-order valence-electron chi connectivity index (χ2n) is 7.64. The standard InChI is InChI=1S/C25H19N5O3S/c1-14-6-7-21(34-14)20-13-19(22-15(2)30-33-25(22)29-20)24(32)28-18-5-3-4-16(12-18)23(31)27-17-8-10-26-11-9-17/h3-13H,1-2H3,(H,28,32)(H,26,27,31). The zero-order valence-electron chi connectivity index (χ0n) is 18.3. The van der Waals surface area contributed by atoms with Crippen molar-refractivity contribution in [1.82, 2.24) is 15.1 Å². The highest BCUT2D eigenvalue weighted by molar-refractivity contribution is 7.15. The van der Waals surface area contributed by atoms with Crippen LogP contribution >= 0.6 is 11.3 Å². The van der Waals surface area contributed by atoms with Crippen LogP contribution in [0.15, 0.2) is 71.5 Å². The fourth-order valence-electron chi connectivity index (χ4n) is 3.55. The molecule has 5 rings (SSSR count). The number of pyridine rings is 2. The Balaban J connectivity index is 1.44. The van der Waals surface area contributed by atoms with Gasteiger partial charge in [0.15, 0.2) is 0 Å². The Bertz CT molecular complexity index is 1520. The van der Waals surface area contributed by atoms with Crippen LogP contribution in [-0.2, 0) is 0 Å². The van der Waals surface area contributed by atoms with Crippen LogP contribution in [0, 0.1) is 13.8 Å². The van der Waals surface area contributed by atoms with Crippen LogP contribution in [-0.4, -0.2) is 26.9 Å². The number of aromatic nitrogens is 3. The number of amides is 2. The minimum atomic E-state index is -0.347. The summed E-state index contributed by atoms with van der Waals surface area (Å²) in [5, 5.41) is 10.2. The van der Waals surface area contributed by atoms with E-state index in [1.165, 1.54) is 0 Å². The SMILES string of the molecule is Cc1ccc(-c2cc(C(=O)Nc3cccc(C(=O)Nc4ccncc4)c3)c3c(C)noc3n2)s1. The molecule has 0 spiro atoms. The van der Waals surface area contributed by atoms with Crippen molar-refractivity contribution in [2.45, 2.75) is 13.8 Å². The summed E-state index contributed by atoms with van der Waals surface area (Å²) in [6.07, 6.45) is 3.19. The van der Waals surface area contributed by atoms with Crippen LogP contribution in [0.3, 0.4) is 0 Å². The molecule has 0 radical (unpaired) electrons. The van der Waals surface area contributed by atoms with E-state index in [9.17, 15) is 9.59 Å². The predicted molar refractivity (Wildman–Crippen MR) is 131 cm³/mol. The molecule has 0 atom stereocenters. The molecule has 0 saturated heterocycles. The second-order valence-corrected chi connectivity index (χ2v) is 8.93. The monoisotopic (exact) mass is 469 g/mol. The maximum atomic E-state index is 13.3. The van der Waals surface area contributed by atoms with Crippen molar-refractivity contribution in [3.63, 3.8) is 0 Å². The van der Waals surface area contributed by atoms with E-state index in [0.717, 1.165) is 9.75 Å². The first-order chi connectivity index (χ1) is 16.5. The van der Waals surface area contributed by atoms with E-state index in [1.807, 2.05) is 19.1 Å². The van der Waals surface area contributed by atoms with Crippen molar-refractivity contribution < 1.29 is 14.1 Å². The van der Waals surface area contributed by atoms with Crippen LogP contribution in [0.1, 0.15) is 31.3 Å². The highest BCUT2D eigenvalue weighted by Crippen LogP contribution is 2.31. The minimum absolute atomic E-state index is 0.293. The summed E-state index contributed by atoms with van der Waals surface area (Å²) in [6, 6.07) is 15.8. The van der Waals surface area contributed by atoms with Crippen molar-refractivity contribution in [2.24, 2.45) is 0 Å². The Morgan fingerprint density at radius 3 is 2.47 bits per heavy atom. The normalized spacial score (nSPS) is 10.9. The van der Waals surface area contributed by atoms with E-state index < -0.39 is 0 Å². The van der Waals surface area contributed by atoms with Gasteiger partial charge in [-0.05, 0) is 62.4 Å². The maximum absolute atomic E-state index is 13.3. The molecule has 2 N–H and O–H groups in total. The van der Waals surface area contributed by atoms with Gasteiger partial charge in [0.25, 0.3) is 17.5 Å². The second kappa shape index (κ2) is 8.87. The van der Waals surface area contributed by atoms with Crippen molar-refractivity contribution in [2.75, 3.05) is 10.6 Å². The fraction of sp³-hybridized carbons (Fsp3) is 0.0800. The molecule has 34 heavy (non-hydrogen) atoms. The van der Waals surface area contributed by atoms with Crippen LogP contribution in [0.2, 0.25) is 0 Å². The van der Waals surface area contributed by atoms with E-state index in [-0.39, 0.29) is 11.8 Å². The number of hydrogen-bond donors (Lipinski definition) is 2. The fourth-order valence-corrected chi connectivity index (χ4v) is 4.38. The number of thiophene rings is 1. The number of nitrogens with one attached hydrogen (secondary N) is 2. The van der Waals surface area contributed by atoms with Gasteiger partial charge in [0.2, 0.25) is 0 Å². The number of carbonyl (C=O) groups is 2. The molecule has 8 nitrogen and oxygen atoms in total. The molecule has 0 bridgehead atoms. The lowest BCUT2D eigenvalue weighted by Crippen LogP contribution is -2.15. The quantitative estimate of drug-likeness (QED) is 0.353. The van der Waals surface area contributed by atoms with Gasteiger partial charge >= 0.3 is 0 Å². The van der Waals surface area contributed by atoms with Crippen LogP contribution in [0.5, 0.6) is 0 Å². The Hall–Kier alpha value is -4.37. The number of hydrogen-bond acceptors (Lipinski definition) is 7. The molecule has 9 heteroatoms. The van der Waals surface area contributed by atoms with Gasteiger partial charge in [-0.3, -0.25) is 14.6 Å². The van der Waals surface area contributed by atoms with Gasteiger partial charge in [0.1, 0.15) is 0 Å². The molecule has 0 aliphatic heterocycles. The lowest BCUT2D eigenvalue weighted by molar-refractivity contribution is 0.101. The first kappa shape index (κ1) is 21.5. The number of carbonyl (C=O) groups excluding carboxylic acids is 2. The number of aryl methyl sites for hydroxylation is 2. The summed E-state index contributed by atoms with van der Waals surface area (Å²) in [7, 11) is 0. The molecule has 0 aliphatic carbocycles. The van der Waals surface area contributed by atoms with E-state index in [2.05, 4.69) is 25.8 Å². The molecule has 0 aliphatic rings. The molecule has 168 valence electrons. The topological polar surface area (TPSA) is 110 Å². The molecular weight excluding hydrogens is 450 g/mol. The number of anilines is 2. The maximum Gasteiger partial charge on any atom is 0.259 e. The van der Waals surface area contributed by atoms with Crippen molar-refractivity contribution >= 4 is 45.6 Å². The third kappa shape index (κ3) is 4.28. The van der Waals surface area contributed by atoms with Crippen LogP contribution in [0.25, 0.3) is 21.7 Å². The lowest BCUT2D eigenvalue weighted by Gasteiger charge is -2.10. The molecule has 4 heterocycles. The van der Waals surface area contributed by atoms with Gasteiger partial charge < -0.3 is 15.2 Å². The zero-order chi connectivity index (χ0) is 23.7. The summed E-state index contributed by atoms with van der Waals surface area (Å²) in [4.78, 5) is 36.5. The molecule has 1 aromatic carbocycles. The van der Waals surface area contributed by atoms with Gasteiger partial charge in [-0.1, -0.05) is 11.2 Å². The average molecular weight is 470 g/mol. The molecule has 2 amide bonds. The van der Waals surface area contributed by atoms with Crippen LogP contribution in [0.4, 0.5) is 11.4 Å². The third-order valence-corrected chi connectivity index (χ3v) is 6.20. The Labute approximate surface area is 198 Å². The van der Waals surface area contributed by atoms with Crippen molar-refractivity contribution in [3.05, 3.63) is 88.7 Å². The van der Waals surface area contributed by atoms with Crippen molar-refractivity contribution in [3.8, 4) is 10.6 Å². The minimum Gasteiger partial charge on any atom is -0.335 e. The summed E-state index contributed by atoms with van der Waals surface area (Å²) >= 11 is 1.58. The van der Waals surface area contributed by atoms with Gasteiger partial charge in [0.05, 0.1) is 27.2 Å². The van der Waals surface area contributed by atoms with E-state index >= 15 is 0 Å². The largest absolute Gasteiger partial charge is 0.335 e. The summed E-state index contributed by atoms with van der Waals surface area (Å²) in [5.74, 6) is -0.640. The predicted octanol–water partition coefficient (Wildman–Crippen LogP) is 5.47. The molecule has 4 aromatic heterocycles. The first-order valence-electron chi connectivity index (χ1n) is 10.4. The number of rotatable bonds is 5. The molecular formula is C25H19N5O3S. The highest BCUT2D eigenvalue weighted by atomic mass is 32.1. The Morgan fingerprint density at radius 1 is 0.912 bits per heavy atom. The zero-order valence-corrected chi connectivity index (χ0v) is 19.1. The summed E-state index contributed by atoms with van der Waals surface area (Å²) < 4.78 is 5.37. The van der Waals surface area contributed by atoms with E-state index in [1.54, 1.807) is 73.1 Å². The first-order valence-corrected chi connectivity index (χ1v) is 11.3. The molecule has 5 aromatic rings. The Morgan fingerprint density at radius 2 is 1.71 bits per heavy atom. The van der Waals surface area contributed by atoms with Gasteiger partial charge in [-0.15, -0.1) is 11.3 Å². The van der Waals surface area contributed by atoms with Crippen LogP contribution < -0.4 is 10.6 Å². The number of fused-ring (bicyclic) bond motifs is 1. The average Bonchev–Trinajstić information content (AvgIpc) is 3.45. The molecule has 0 unspecified atom stereocenters. The third-order valence-electron chi connectivity index (χ3n) is 5.18. The molecule has 0 fully saturated rings. The molecule has 0 saturated carbocycles. The Kier molecular flexibility index (Phi) is 5.60. The summed E-state index contributed by atoms with van der Waals surface area (Å²) in [5.41, 5.74) is 3.44.